The number of esters is 1. The Morgan fingerprint density at radius 3 is 2.50 bits per heavy atom. The molecule has 0 radical (unpaired) electrons. The number of carbonyl (C=O) groups excluding carboxylic acids is 2. The number of hydrogen-bond acceptors (Lipinski definition) is 6. The number of para-hydroxylation sites is 1. The van der Waals surface area contributed by atoms with Gasteiger partial charge in [0.05, 0.1) is 17.2 Å². The molecular weight excluding hydrogens is 400 g/mol. The van der Waals surface area contributed by atoms with Crippen molar-refractivity contribution in [3.05, 3.63) is 65.1 Å². The Morgan fingerprint density at radius 1 is 1.10 bits per heavy atom. The van der Waals surface area contributed by atoms with Crippen LogP contribution in [0.15, 0.2) is 64.5 Å². The van der Waals surface area contributed by atoms with Gasteiger partial charge in [0.1, 0.15) is 5.75 Å². The van der Waals surface area contributed by atoms with E-state index in [-0.39, 0.29) is 12.5 Å². The van der Waals surface area contributed by atoms with Crippen molar-refractivity contribution in [2.24, 2.45) is 4.99 Å². The molecule has 0 unspecified atom stereocenters. The molecule has 1 fully saturated rings. The minimum Gasteiger partial charge on any atom is -0.482 e. The number of nitrogens with zero attached hydrogens (tertiary/aromatic N) is 2. The summed E-state index contributed by atoms with van der Waals surface area (Å²) in [7, 11) is 0. The highest BCUT2D eigenvalue weighted by atomic mass is 32.2. The smallest absolute Gasteiger partial charge is 0.344 e. The Kier molecular flexibility index (Phi) is 7.68. The fourth-order valence-corrected chi connectivity index (χ4v) is 3.81. The lowest BCUT2D eigenvalue weighted by Crippen LogP contribution is -2.29. The predicted molar refractivity (Wildman–Crippen MR) is 120 cm³/mol. The minimum atomic E-state index is -0.405. The monoisotopic (exact) mass is 424 g/mol. The first kappa shape index (κ1) is 21.6. The van der Waals surface area contributed by atoms with Crippen molar-refractivity contribution in [1.82, 2.24) is 4.90 Å². The maximum Gasteiger partial charge on any atom is 0.344 e. The zero-order chi connectivity index (χ0) is 21.3. The van der Waals surface area contributed by atoms with Gasteiger partial charge >= 0.3 is 5.97 Å². The molecule has 156 valence electrons. The molecular formula is C23H24N2O4S. The summed E-state index contributed by atoms with van der Waals surface area (Å²) < 4.78 is 10.2. The van der Waals surface area contributed by atoms with E-state index >= 15 is 0 Å². The van der Waals surface area contributed by atoms with E-state index in [0.29, 0.717) is 29.0 Å². The number of ether oxygens (including phenoxy) is 2. The van der Waals surface area contributed by atoms with Gasteiger partial charge in [-0.15, -0.1) is 0 Å². The third kappa shape index (κ3) is 5.73. The van der Waals surface area contributed by atoms with E-state index < -0.39 is 5.97 Å². The van der Waals surface area contributed by atoms with E-state index in [2.05, 4.69) is 4.99 Å². The third-order valence-electron chi connectivity index (χ3n) is 4.16. The molecule has 0 spiro atoms. The van der Waals surface area contributed by atoms with Gasteiger partial charge in [-0.1, -0.05) is 37.3 Å². The fourth-order valence-electron chi connectivity index (χ4n) is 2.78. The third-order valence-corrected chi connectivity index (χ3v) is 5.16. The first-order valence-electron chi connectivity index (χ1n) is 9.84. The second kappa shape index (κ2) is 10.6. The van der Waals surface area contributed by atoms with Gasteiger partial charge in [-0.05, 0) is 61.0 Å². The van der Waals surface area contributed by atoms with Crippen LogP contribution in [0.5, 0.6) is 5.75 Å². The van der Waals surface area contributed by atoms with Crippen LogP contribution in [-0.4, -0.2) is 41.7 Å². The van der Waals surface area contributed by atoms with Crippen LogP contribution in [0, 0.1) is 0 Å². The summed E-state index contributed by atoms with van der Waals surface area (Å²) in [6.07, 6.45) is 2.69. The van der Waals surface area contributed by atoms with E-state index in [4.69, 9.17) is 9.47 Å². The molecule has 2 aromatic carbocycles. The molecule has 0 bridgehead atoms. The van der Waals surface area contributed by atoms with Gasteiger partial charge in [0.2, 0.25) is 0 Å². The van der Waals surface area contributed by atoms with E-state index in [1.807, 2.05) is 55.5 Å². The quantitative estimate of drug-likeness (QED) is 0.456. The second-order valence-electron chi connectivity index (χ2n) is 6.46. The van der Waals surface area contributed by atoms with Gasteiger partial charge in [0.25, 0.3) is 5.91 Å². The Morgan fingerprint density at radius 2 is 1.83 bits per heavy atom. The molecule has 0 N–H and O–H groups in total. The maximum atomic E-state index is 12.9. The molecule has 1 heterocycles. The van der Waals surface area contributed by atoms with E-state index in [9.17, 15) is 9.59 Å². The number of rotatable bonds is 8. The van der Waals surface area contributed by atoms with Crippen molar-refractivity contribution in [3.8, 4) is 5.75 Å². The normalized spacial score (nSPS) is 16.3. The number of amidine groups is 1. The summed E-state index contributed by atoms with van der Waals surface area (Å²) in [5, 5.41) is 0.689. The summed E-state index contributed by atoms with van der Waals surface area (Å²) in [4.78, 5) is 31.3. The highest BCUT2D eigenvalue weighted by molar-refractivity contribution is 8.18. The van der Waals surface area contributed by atoms with Gasteiger partial charge in [-0.25, -0.2) is 9.79 Å². The number of carbonyl (C=O) groups is 2. The molecule has 1 saturated heterocycles. The SMILES string of the molecule is CCCN1C(=O)/C(=C/c2ccc(OCC(=O)OCC)cc2)SC1=Nc1ccccc1. The van der Waals surface area contributed by atoms with E-state index in [0.717, 1.165) is 17.7 Å². The van der Waals surface area contributed by atoms with Crippen LogP contribution in [0.3, 0.4) is 0 Å². The summed E-state index contributed by atoms with van der Waals surface area (Å²) in [6, 6.07) is 16.8. The first-order chi connectivity index (χ1) is 14.6. The van der Waals surface area contributed by atoms with Gasteiger partial charge in [0.15, 0.2) is 11.8 Å². The number of hydrogen-bond donors (Lipinski definition) is 0. The first-order valence-corrected chi connectivity index (χ1v) is 10.7. The fraction of sp³-hybridized carbons (Fsp3) is 0.261. The number of benzene rings is 2. The van der Waals surface area contributed by atoms with E-state index in [1.165, 1.54) is 11.8 Å². The molecule has 0 aromatic heterocycles. The minimum absolute atomic E-state index is 0.0424. The second-order valence-corrected chi connectivity index (χ2v) is 7.47. The Bertz CT molecular complexity index is 939. The lowest BCUT2D eigenvalue weighted by molar-refractivity contribution is -0.145. The maximum absolute atomic E-state index is 12.9. The molecule has 1 aliphatic rings. The summed E-state index contributed by atoms with van der Waals surface area (Å²) >= 11 is 1.38. The van der Waals surface area contributed by atoms with Crippen LogP contribution in [-0.2, 0) is 14.3 Å². The zero-order valence-electron chi connectivity index (χ0n) is 17.0. The molecule has 1 aliphatic heterocycles. The zero-order valence-corrected chi connectivity index (χ0v) is 17.9. The van der Waals surface area contributed by atoms with Gasteiger partial charge < -0.3 is 9.47 Å². The summed E-state index contributed by atoms with van der Waals surface area (Å²) in [5.74, 6) is 0.117. The lowest BCUT2D eigenvalue weighted by atomic mass is 10.2. The largest absolute Gasteiger partial charge is 0.482 e. The van der Waals surface area contributed by atoms with Crippen molar-refractivity contribution in [2.75, 3.05) is 19.8 Å². The lowest BCUT2D eigenvalue weighted by Gasteiger charge is -2.13. The molecule has 3 rings (SSSR count). The van der Waals surface area contributed by atoms with Crippen LogP contribution in [0.4, 0.5) is 5.69 Å². The van der Waals surface area contributed by atoms with E-state index in [1.54, 1.807) is 24.0 Å². The number of amides is 1. The van der Waals surface area contributed by atoms with Crippen molar-refractivity contribution >= 4 is 40.6 Å². The van der Waals surface area contributed by atoms with Crippen LogP contribution in [0.25, 0.3) is 6.08 Å². The van der Waals surface area contributed by atoms with Crippen molar-refractivity contribution in [1.29, 1.82) is 0 Å². The molecule has 2 aromatic rings. The van der Waals surface area contributed by atoms with Crippen LogP contribution >= 0.6 is 11.8 Å². The summed E-state index contributed by atoms with van der Waals surface area (Å²) in [6.45, 7) is 4.60. The molecule has 0 aliphatic carbocycles. The standard InChI is InChI=1S/C23H24N2O4S/c1-3-14-25-22(27)20(30-23(25)24-18-8-6-5-7-9-18)15-17-10-12-19(13-11-17)29-16-21(26)28-4-2/h5-13,15H,3-4,14,16H2,1-2H3/b20-15-,24-23?. The highest BCUT2D eigenvalue weighted by Crippen LogP contribution is 2.34. The van der Waals surface area contributed by atoms with Crippen LogP contribution in [0.1, 0.15) is 25.8 Å². The van der Waals surface area contributed by atoms with Gasteiger partial charge in [-0.2, -0.15) is 0 Å². The molecule has 30 heavy (non-hydrogen) atoms. The van der Waals surface area contributed by atoms with Crippen LogP contribution < -0.4 is 4.74 Å². The topological polar surface area (TPSA) is 68.2 Å². The number of thioether (sulfide) groups is 1. The molecule has 6 nitrogen and oxygen atoms in total. The predicted octanol–water partition coefficient (Wildman–Crippen LogP) is 4.64. The average molecular weight is 425 g/mol. The van der Waals surface area contributed by atoms with Gasteiger partial charge in [-0.3, -0.25) is 9.69 Å². The Hall–Kier alpha value is -3.06. The average Bonchev–Trinajstić information content (AvgIpc) is 3.03. The summed E-state index contributed by atoms with van der Waals surface area (Å²) in [5.41, 5.74) is 1.69. The van der Waals surface area contributed by atoms with Crippen molar-refractivity contribution < 1.29 is 19.1 Å². The number of aliphatic imine (C=N–C) groups is 1. The van der Waals surface area contributed by atoms with Crippen molar-refractivity contribution in [3.63, 3.8) is 0 Å². The molecule has 7 heteroatoms. The van der Waals surface area contributed by atoms with Gasteiger partial charge in [0, 0.05) is 6.54 Å². The molecule has 0 atom stereocenters. The molecule has 1 amide bonds. The van der Waals surface area contributed by atoms with Crippen LogP contribution in [0.2, 0.25) is 0 Å². The highest BCUT2D eigenvalue weighted by Gasteiger charge is 2.32. The molecule has 0 saturated carbocycles. The Labute approximate surface area is 180 Å². The van der Waals surface area contributed by atoms with Crippen molar-refractivity contribution in [2.45, 2.75) is 20.3 Å². The Balaban J connectivity index is 1.74.